The summed E-state index contributed by atoms with van der Waals surface area (Å²) in [4.78, 5) is 43.6. The molecular weight excluding hydrogens is 478 g/mol. The molecule has 1 aromatic rings. The molecule has 3 atom stereocenters. The fourth-order valence-electron chi connectivity index (χ4n) is 5.73. The van der Waals surface area contributed by atoms with E-state index >= 15 is 0 Å². The second-order valence-corrected chi connectivity index (χ2v) is 11.4. The molecule has 3 N–H and O–H groups in total. The molecule has 1 saturated heterocycles. The Labute approximate surface area is 227 Å². The van der Waals surface area contributed by atoms with Crippen LogP contribution in [-0.4, -0.2) is 54.0 Å². The molecule has 1 unspecified atom stereocenters. The lowest BCUT2D eigenvalue weighted by Gasteiger charge is -2.34. The third-order valence-electron chi connectivity index (χ3n) is 7.95. The van der Waals surface area contributed by atoms with Crippen LogP contribution in [0.25, 0.3) is 0 Å². The summed E-state index contributed by atoms with van der Waals surface area (Å²) in [6, 6.07) is 7.49. The average Bonchev–Trinajstić information content (AvgIpc) is 3.29. The molecule has 0 spiro atoms. The van der Waals surface area contributed by atoms with Crippen LogP contribution in [0.15, 0.2) is 36.0 Å². The topological polar surface area (TPSA) is 93.8 Å². The van der Waals surface area contributed by atoms with Gasteiger partial charge in [-0.15, -0.1) is 0 Å². The summed E-state index contributed by atoms with van der Waals surface area (Å²) >= 11 is 0. The summed E-state index contributed by atoms with van der Waals surface area (Å²) in [6.45, 7) is 7.27. The lowest BCUT2D eigenvalue weighted by Crippen LogP contribution is -2.53. The van der Waals surface area contributed by atoms with Crippen LogP contribution in [-0.2, 0) is 14.4 Å². The first-order valence-corrected chi connectivity index (χ1v) is 14.5. The van der Waals surface area contributed by atoms with Crippen LogP contribution in [0.5, 0.6) is 0 Å². The van der Waals surface area contributed by atoms with Crippen LogP contribution in [0.3, 0.4) is 0 Å². The molecule has 38 heavy (non-hydrogen) atoms. The van der Waals surface area contributed by atoms with Crippen molar-refractivity contribution in [3.8, 4) is 0 Å². The molecule has 1 fully saturated rings. The highest BCUT2D eigenvalue weighted by Gasteiger charge is 2.33. The maximum Gasteiger partial charge on any atom is 0.243 e. The van der Waals surface area contributed by atoms with Gasteiger partial charge < -0.3 is 25.8 Å². The fourth-order valence-corrected chi connectivity index (χ4v) is 5.73. The highest BCUT2D eigenvalue weighted by Crippen LogP contribution is 2.39. The number of rotatable bonds is 10. The Balaban J connectivity index is 1.44. The first-order valence-electron chi connectivity index (χ1n) is 14.5. The van der Waals surface area contributed by atoms with Crippen molar-refractivity contribution >= 4 is 29.1 Å². The van der Waals surface area contributed by atoms with Gasteiger partial charge in [0, 0.05) is 24.7 Å². The number of likely N-dealkylation sites (tertiary alicyclic amines) is 1. The number of fused-ring (bicyclic) bond motifs is 1. The minimum Gasteiger partial charge on any atom is -0.362 e. The van der Waals surface area contributed by atoms with E-state index in [2.05, 4.69) is 59.8 Å². The van der Waals surface area contributed by atoms with Crippen LogP contribution in [0.2, 0.25) is 0 Å². The normalized spacial score (nSPS) is 21.8. The molecule has 8 heteroatoms. The smallest absolute Gasteiger partial charge is 0.243 e. The van der Waals surface area contributed by atoms with E-state index in [1.807, 2.05) is 17.0 Å². The Morgan fingerprint density at radius 2 is 1.92 bits per heavy atom. The molecule has 4 rings (SSSR count). The third-order valence-corrected chi connectivity index (χ3v) is 7.95. The number of nitrogens with one attached hydrogen (secondary N) is 3. The van der Waals surface area contributed by atoms with Crippen molar-refractivity contribution in [3.63, 3.8) is 0 Å². The second kappa shape index (κ2) is 13.2. The molecular formula is C30H45N5O3. The average molecular weight is 524 g/mol. The van der Waals surface area contributed by atoms with Crippen molar-refractivity contribution < 1.29 is 14.4 Å². The summed E-state index contributed by atoms with van der Waals surface area (Å²) in [7, 11) is 0. The number of amides is 3. The number of piperidine rings is 1. The lowest BCUT2D eigenvalue weighted by atomic mass is 10.0. The first kappa shape index (κ1) is 28.0. The van der Waals surface area contributed by atoms with Crippen LogP contribution < -0.4 is 20.9 Å². The van der Waals surface area contributed by atoms with Gasteiger partial charge in [-0.05, 0) is 76.3 Å². The fraction of sp³-hybridized carbons (Fsp3) is 0.633. The van der Waals surface area contributed by atoms with E-state index in [4.69, 9.17) is 0 Å². The summed E-state index contributed by atoms with van der Waals surface area (Å²) in [5.41, 5.74) is 3.44. The van der Waals surface area contributed by atoms with Crippen LogP contribution in [0, 0.1) is 5.92 Å². The van der Waals surface area contributed by atoms with Gasteiger partial charge in [-0.1, -0.05) is 32.1 Å². The molecule has 0 radical (unpaired) electrons. The van der Waals surface area contributed by atoms with Gasteiger partial charge >= 0.3 is 0 Å². The SMILES string of the molecule is CC(C)CCC(=O)N[C@@H](CC(=O)N1CCCC[C@@H]1C)C(=O)NCC1Nc2ccccc2N1C1=CCCCC1. The van der Waals surface area contributed by atoms with Gasteiger partial charge in [0.1, 0.15) is 12.2 Å². The molecule has 0 bridgehead atoms. The van der Waals surface area contributed by atoms with E-state index in [-0.39, 0.29) is 36.3 Å². The molecule has 208 valence electrons. The minimum absolute atomic E-state index is 0.0171. The van der Waals surface area contributed by atoms with E-state index in [1.165, 1.54) is 12.1 Å². The van der Waals surface area contributed by atoms with Gasteiger partial charge in [0.2, 0.25) is 17.7 Å². The number of carbonyl (C=O) groups excluding carboxylic acids is 3. The van der Waals surface area contributed by atoms with Gasteiger partial charge in [0.15, 0.2) is 0 Å². The Bertz CT molecular complexity index is 1020. The summed E-state index contributed by atoms with van der Waals surface area (Å²) < 4.78 is 0. The molecule has 1 aliphatic carbocycles. The number of allylic oxidation sites excluding steroid dienone is 2. The van der Waals surface area contributed by atoms with Crippen LogP contribution in [0.1, 0.15) is 85.0 Å². The summed E-state index contributed by atoms with van der Waals surface area (Å²) in [5, 5.41) is 9.50. The van der Waals surface area contributed by atoms with E-state index in [9.17, 15) is 14.4 Å². The predicted molar refractivity (Wildman–Crippen MR) is 152 cm³/mol. The van der Waals surface area contributed by atoms with Gasteiger partial charge in [-0.3, -0.25) is 14.4 Å². The van der Waals surface area contributed by atoms with Gasteiger partial charge in [-0.2, -0.15) is 0 Å². The zero-order chi connectivity index (χ0) is 27.1. The minimum atomic E-state index is -0.887. The zero-order valence-electron chi connectivity index (χ0n) is 23.3. The van der Waals surface area contributed by atoms with Gasteiger partial charge in [0.25, 0.3) is 0 Å². The monoisotopic (exact) mass is 523 g/mol. The zero-order valence-corrected chi connectivity index (χ0v) is 23.3. The van der Waals surface area contributed by atoms with Crippen molar-refractivity contribution in [2.75, 3.05) is 23.3 Å². The van der Waals surface area contributed by atoms with Gasteiger partial charge in [-0.25, -0.2) is 0 Å². The Morgan fingerprint density at radius 3 is 2.66 bits per heavy atom. The number of benzene rings is 1. The maximum absolute atomic E-state index is 13.5. The van der Waals surface area contributed by atoms with E-state index in [1.54, 1.807) is 0 Å². The molecule has 3 amide bonds. The van der Waals surface area contributed by atoms with Crippen molar-refractivity contribution in [3.05, 3.63) is 36.0 Å². The summed E-state index contributed by atoms with van der Waals surface area (Å²) in [5.74, 6) is -0.170. The Kier molecular flexibility index (Phi) is 9.69. The number of hydrogen-bond donors (Lipinski definition) is 3. The standard InChI is InChI=1S/C30H45N5O3/c1-21(2)16-17-28(36)33-25(19-29(37)34-18-10-9-11-22(34)3)30(38)31-20-27-32-24-14-7-8-15-26(24)35(27)23-12-5-4-6-13-23/h7-8,12,14-15,21-22,25,27,32H,4-6,9-11,13,16-20H2,1-3H3,(H,31,38)(H,33,36)/t22-,25-,27?/m0/s1. The quantitative estimate of drug-likeness (QED) is 0.419. The second-order valence-electron chi connectivity index (χ2n) is 11.4. The van der Waals surface area contributed by atoms with Crippen molar-refractivity contribution in [2.24, 2.45) is 5.92 Å². The van der Waals surface area contributed by atoms with Gasteiger partial charge in [0.05, 0.1) is 24.3 Å². The third kappa shape index (κ3) is 7.08. The van der Waals surface area contributed by atoms with Crippen molar-refractivity contribution in [1.82, 2.24) is 15.5 Å². The van der Waals surface area contributed by atoms with E-state index < -0.39 is 6.04 Å². The van der Waals surface area contributed by atoms with Crippen molar-refractivity contribution in [1.29, 1.82) is 0 Å². The number of nitrogens with zero attached hydrogens (tertiary/aromatic N) is 2. The number of para-hydroxylation sites is 2. The van der Waals surface area contributed by atoms with Crippen molar-refractivity contribution in [2.45, 2.75) is 103 Å². The molecule has 0 aromatic heterocycles. The van der Waals surface area contributed by atoms with E-state index in [0.717, 1.165) is 56.3 Å². The largest absolute Gasteiger partial charge is 0.362 e. The molecule has 2 aliphatic heterocycles. The summed E-state index contributed by atoms with van der Waals surface area (Å²) in [6.07, 6.45) is 10.8. The Hall–Kier alpha value is -3.03. The first-order chi connectivity index (χ1) is 18.3. The molecule has 3 aliphatic rings. The maximum atomic E-state index is 13.5. The molecule has 8 nitrogen and oxygen atoms in total. The van der Waals surface area contributed by atoms with E-state index in [0.29, 0.717) is 25.4 Å². The molecule has 0 saturated carbocycles. The van der Waals surface area contributed by atoms with Crippen LogP contribution in [0.4, 0.5) is 11.4 Å². The molecule has 2 heterocycles. The highest BCUT2D eigenvalue weighted by atomic mass is 16.2. The predicted octanol–water partition coefficient (Wildman–Crippen LogP) is 4.53. The lowest BCUT2D eigenvalue weighted by molar-refractivity contribution is -0.138. The Morgan fingerprint density at radius 1 is 1.11 bits per heavy atom. The number of hydrogen-bond acceptors (Lipinski definition) is 5. The van der Waals surface area contributed by atoms with Crippen LogP contribution >= 0.6 is 0 Å². The number of anilines is 2. The highest BCUT2D eigenvalue weighted by molar-refractivity contribution is 5.92. The number of carbonyl (C=O) groups is 3. The molecule has 1 aromatic carbocycles.